The summed E-state index contributed by atoms with van der Waals surface area (Å²) < 4.78 is 0. The van der Waals surface area contributed by atoms with Crippen molar-refractivity contribution in [2.75, 3.05) is 0 Å². The molecule has 1 aliphatic rings. The molecule has 0 aromatic carbocycles. The van der Waals surface area contributed by atoms with Gasteiger partial charge in [0, 0.05) is 0 Å². The molecule has 0 heterocycles. The van der Waals surface area contributed by atoms with Crippen LogP contribution >= 0.6 is 0 Å². The number of aliphatic hydroxyl groups is 1. The summed E-state index contributed by atoms with van der Waals surface area (Å²) in [7, 11) is 0. The van der Waals surface area contributed by atoms with E-state index in [0.717, 1.165) is 6.42 Å². The maximum absolute atomic E-state index is 9.15. The SMILES string of the molecule is CC1[CH]CC1(C)O. The molecule has 1 aliphatic carbocycles. The molecule has 41 valence electrons. The molecule has 0 bridgehead atoms. The summed E-state index contributed by atoms with van der Waals surface area (Å²) in [4.78, 5) is 0. The van der Waals surface area contributed by atoms with Crippen molar-refractivity contribution < 1.29 is 5.11 Å². The highest BCUT2D eigenvalue weighted by Crippen LogP contribution is 2.35. The van der Waals surface area contributed by atoms with Gasteiger partial charge in [0.1, 0.15) is 0 Å². The minimum Gasteiger partial charge on any atom is -0.390 e. The van der Waals surface area contributed by atoms with E-state index >= 15 is 0 Å². The molecule has 1 fully saturated rings. The molecule has 1 rings (SSSR count). The molecule has 1 radical (unpaired) electrons. The van der Waals surface area contributed by atoms with Crippen LogP contribution in [0, 0.1) is 12.3 Å². The monoisotopic (exact) mass is 99.1 g/mol. The predicted octanol–water partition coefficient (Wildman–Crippen LogP) is 0.981. The van der Waals surface area contributed by atoms with E-state index < -0.39 is 0 Å². The van der Waals surface area contributed by atoms with E-state index in [4.69, 9.17) is 5.11 Å². The Bertz CT molecular complexity index is 76.2. The Balaban J connectivity index is 2.43. The van der Waals surface area contributed by atoms with Crippen molar-refractivity contribution in [3.8, 4) is 0 Å². The molecule has 0 saturated heterocycles. The van der Waals surface area contributed by atoms with Gasteiger partial charge in [-0.3, -0.25) is 0 Å². The standard InChI is InChI=1S/C6H11O/c1-5-3-4-6(5,2)7/h3,5,7H,4H2,1-2H3. The van der Waals surface area contributed by atoms with E-state index in [9.17, 15) is 0 Å². The van der Waals surface area contributed by atoms with Gasteiger partial charge in [-0.1, -0.05) is 6.92 Å². The van der Waals surface area contributed by atoms with Gasteiger partial charge in [-0.05, 0) is 25.7 Å². The van der Waals surface area contributed by atoms with Crippen molar-refractivity contribution in [3.05, 3.63) is 6.42 Å². The molecule has 1 saturated carbocycles. The molecule has 2 unspecified atom stereocenters. The highest BCUT2D eigenvalue weighted by atomic mass is 16.3. The van der Waals surface area contributed by atoms with Crippen LogP contribution in [0.4, 0.5) is 0 Å². The quantitative estimate of drug-likeness (QED) is 0.480. The van der Waals surface area contributed by atoms with Crippen molar-refractivity contribution in [1.29, 1.82) is 0 Å². The summed E-state index contributed by atoms with van der Waals surface area (Å²) in [5, 5.41) is 9.15. The summed E-state index contributed by atoms with van der Waals surface area (Å²) >= 11 is 0. The van der Waals surface area contributed by atoms with Gasteiger partial charge in [0.05, 0.1) is 5.60 Å². The zero-order valence-electron chi connectivity index (χ0n) is 4.81. The van der Waals surface area contributed by atoms with Crippen LogP contribution in [-0.4, -0.2) is 10.7 Å². The van der Waals surface area contributed by atoms with Crippen LogP contribution in [0.3, 0.4) is 0 Å². The van der Waals surface area contributed by atoms with Gasteiger partial charge in [-0.15, -0.1) is 0 Å². The molecule has 1 nitrogen and oxygen atoms in total. The maximum Gasteiger partial charge on any atom is 0.0650 e. The fourth-order valence-corrected chi connectivity index (χ4v) is 0.695. The first-order valence-electron chi connectivity index (χ1n) is 2.68. The fourth-order valence-electron chi connectivity index (χ4n) is 0.695. The average molecular weight is 99.2 g/mol. The molecule has 1 heteroatoms. The van der Waals surface area contributed by atoms with Crippen molar-refractivity contribution in [1.82, 2.24) is 0 Å². The van der Waals surface area contributed by atoms with Gasteiger partial charge >= 0.3 is 0 Å². The van der Waals surface area contributed by atoms with Crippen LogP contribution < -0.4 is 0 Å². The van der Waals surface area contributed by atoms with Crippen molar-refractivity contribution in [3.63, 3.8) is 0 Å². The van der Waals surface area contributed by atoms with Crippen LogP contribution in [0.25, 0.3) is 0 Å². The van der Waals surface area contributed by atoms with E-state index in [1.165, 1.54) is 0 Å². The molecule has 2 atom stereocenters. The lowest BCUT2D eigenvalue weighted by molar-refractivity contribution is -0.0302. The molecule has 0 aromatic heterocycles. The molecule has 0 spiro atoms. The first kappa shape index (κ1) is 5.10. The third kappa shape index (κ3) is 0.653. The zero-order chi connectivity index (χ0) is 5.49. The third-order valence-corrected chi connectivity index (χ3v) is 1.87. The van der Waals surface area contributed by atoms with Crippen molar-refractivity contribution in [2.45, 2.75) is 25.9 Å². The van der Waals surface area contributed by atoms with Crippen molar-refractivity contribution in [2.24, 2.45) is 5.92 Å². The molecule has 0 aromatic rings. The van der Waals surface area contributed by atoms with Crippen LogP contribution in [0.2, 0.25) is 0 Å². The Kier molecular flexibility index (Phi) is 0.890. The Hall–Kier alpha value is -0.0400. The highest BCUT2D eigenvalue weighted by Gasteiger charge is 2.37. The van der Waals surface area contributed by atoms with Gasteiger partial charge in [0.15, 0.2) is 0 Å². The second-order valence-electron chi connectivity index (χ2n) is 2.59. The first-order valence-corrected chi connectivity index (χ1v) is 2.68. The fraction of sp³-hybridized carbons (Fsp3) is 0.833. The second-order valence-corrected chi connectivity index (χ2v) is 2.59. The average Bonchev–Trinajstić information content (AvgIpc) is 1.63. The summed E-state index contributed by atoms with van der Waals surface area (Å²) in [6, 6.07) is 0. The third-order valence-electron chi connectivity index (χ3n) is 1.87. The van der Waals surface area contributed by atoms with Gasteiger partial charge in [0.2, 0.25) is 0 Å². The highest BCUT2D eigenvalue weighted by molar-refractivity contribution is 5.02. The predicted molar refractivity (Wildman–Crippen MR) is 28.7 cm³/mol. The Morgan fingerprint density at radius 1 is 1.86 bits per heavy atom. The second kappa shape index (κ2) is 1.22. The minimum atomic E-state index is -0.375. The molecule has 7 heavy (non-hydrogen) atoms. The van der Waals surface area contributed by atoms with Crippen LogP contribution in [0.1, 0.15) is 20.3 Å². The topological polar surface area (TPSA) is 20.2 Å². The number of hydrogen-bond acceptors (Lipinski definition) is 1. The van der Waals surface area contributed by atoms with Crippen LogP contribution in [-0.2, 0) is 0 Å². The Morgan fingerprint density at radius 2 is 2.29 bits per heavy atom. The summed E-state index contributed by atoms with van der Waals surface area (Å²) in [6.45, 7) is 3.90. The minimum absolute atomic E-state index is 0.375. The summed E-state index contributed by atoms with van der Waals surface area (Å²) in [6.07, 6.45) is 2.99. The molecule has 0 amide bonds. The molecular weight excluding hydrogens is 88.1 g/mol. The normalized spacial score (nSPS) is 51.0. The molecular formula is C6H11O. The lowest BCUT2D eigenvalue weighted by Crippen LogP contribution is -2.42. The lowest BCUT2D eigenvalue weighted by atomic mass is 9.72. The van der Waals surface area contributed by atoms with Gasteiger partial charge < -0.3 is 5.11 Å². The Labute approximate surface area is 44.4 Å². The lowest BCUT2D eigenvalue weighted by Gasteiger charge is -2.39. The number of rotatable bonds is 0. The molecule has 1 N–H and O–H groups in total. The zero-order valence-corrected chi connectivity index (χ0v) is 4.81. The summed E-state index contributed by atoms with van der Waals surface area (Å²) in [5.41, 5.74) is -0.375. The van der Waals surface area contributed by atoms with Crippen LogP contribution in [0.15, 0.2) is 0 Å². The first-order chi connectivity index (χ1) is 3.13. The number of hydrogen-bond donors (Lipinski definition) is 1. The maximum atomic E-state index is 9.15. The van der Waals surface area contributed by atoms with E-state index in [0.29, 0.717) is 5.92 Å². The van der Waals surface area contributed by atoms with Gasteiger partial charge in [0.25, 0.3) is 0 Å². The van der Waals surface area contributed by atoms with Crippen molar-refractivity contribution >= 4 is 0 Å². The van der Waals surface area contributed by atoms with E-state index in [1.807, 2.05) is 13.8 Å². The van der Waals surface area contributed by atoms with E-state index in [-0.39, 0.29) is 5.60 Å². The Morgan fingerprint density at radius 3 is 2.29 bits per heavy atom. The largest absolute Gasteiger partial charge is 0.390 e. The van der Waals surface area contributed by atoms with Gasteiger partial charge in [-0.2, -0.15) is 0 Å². The molecule has 0 aliphatic heterocycles. The van der Waals surface area contributed by atoms with Crippen LogP contribution in [0.5, 0.6) is 0 Å². The van der Waals surface area contributed by atoms with Gasteiger partial charge in [-0.25, -0.2) is 0 Å². The smallest absolute Gasteiger partial charge is 0.0650 e. The van der Waals surface area contributed by atoms with E-state index in [2.05, 4.69) is 6.42 Å². The summed E-state index contributed by atoms with van der Waals surface area (Å²) in [5.74, 6) is 0.410. The van der Waals surface area contributed by atoms with E-state index in [1.54, 1.807) is 0 Å².